The van der Waals surface area contributed by atoms with Gasteiger partial charge in [-0.25, -0.2) is 0 Å². The molecule has 0 fully saturated rings. The van der Waals surface area contributed by atoms with Gasteiger partial charge in [-0.2, -0.15) is 0 Å². The molecule has 1 aromatic rings. The van der Waals surface area contributed by atoms with Crippen molar-refractivity contribution in [2.75, 3.05) is 0 Å². The van der Waals surface area contributed by atoms with E-state index in [4.69, 9.17) is 4.74 Å². The Balaban J connectivity index is 2.46. The second-order valence-electron chi connectivity index (χ2n) is 3.43. The molecule has 2 rings (SSSR count). The van der Waals surface area contributed by atoms with E-state index in [-0.39, 0.29) is 11.9 Å². The normalized spacial score (nSPS) is 18.5. The van der Waals surface area contributed by atoms with E-state index in [1.54, 1.807) is 13.0 Å². The largest absolute Gasteiger partial charge is 0.486 e. The summed E-state index contributed by atoms with van der Waals surface area (Å²) in [4.78, 5) is 11.3. The molecule has 0 spiro atoms. The lowest BCUT2D eigenvalue weighted by molar-refractivity contribution is 0.101. The van der Waals surface area contributed by atoms with Gasteiger partial charge in [0, 0.05) is 17.5 Å². The highest BCUT2D eigenvalue weighted by molar-refractivity contribution is 5.96. The van der Waals surface area contributed by atoms with Gasteiger partial charge in [0.2, 0.25) is 0 Å². The van der Waals surface area contributed by atoms with Crippen LogP contribution in [-0.2, 0) is 6.42 Å². The highest BCUT2D eigenvalue weighted by Crippen LogP contribution is 2.31. The number of rotatable bonds is 2. The summed E-state index contributed by atoms with van der Waals surface area (Å²) in [6.07, 6.45) is 2.55. The Morgan fingerprint density at radius 1 is 1.64 bits per heavy atom. The molecule has 0 saturated carbocycles. The Morgan fingerprint density at radius 2 is 2.43 bits per heavy atom. The van der Waals surface area contributed by atoms with E-state index in [2.05, 4.69) is 6.58 Å². The Bertz CT molecular complexity index is 393. The van der Waals surface area contributed by atoms with Gasteiger partial charge in [-0.1, -0.05) is 24.8 Å². The van der Waals surface area contributed by atoms with Crippen LogP contribution in [0.5, 0.6) is 5.75 Å². The van der Waals surface area contributed by atoms with Gasteiger partial charge in [-0.3, -0.25) is 4.79 Å². The lowest BCUT2D eigenvalue weighted by Crippen LogP contribution is -2.08. The zero-order chi connectivity index (χ0) is 10.1. The van der Waals surface area contributed by atoms with Crippen molar-refractivity contribution in [3.05, 3.63) is 42.0 Å². The number of Topliss-reactive ketones (excluding diaryl/α,β-unsaturated/α-hetero) is 1. The number of ether oxygens (including phenoxy) is 1. The van der Waals surface area contributed by atoms with Gasteiger partial charge in [0.15, 0.2) is 5.78 Å². The summed E-state index contributed by atoms with van der Waals surface area (Å²) in [6, 6.07) is 5.59. The Kier molecular flexibility index (Phi) is 2.12. The van der Waals surface area contributed by atoms with E-state index in [1.165, 1.54) is 0 Å². The molecule has 0 amide bonds. The molecule has 0 saturated heterocycles. The van der Waals surface area contributed by atoms with Crippen molar-refractivity contribution in [3.63, 3.8) is 0 Å². The molecular weight excluding hydrogens is 176 g/mol. The molecule has 0 aromatic heterocycles. The molecule has 2 nitrogen and oxygen atoms in total. The summed E-state index contributed by atoms with van der Waals surface area (Å²) < 4.78 is 5.58. The monoisotopic (exact) mass is 188 g/mol. The topological polar surface area (TPSA) is 26.3 Å². The minimum Gasteiger partial charge on any atom is -0.486 e. The fourth-order valence-corrected chi connectivity index (χ4v) is 1.75. The van der Waals surface area contributed by atoms with Crippen LogP contribution < -0.4 is 4.74 Å². The molecule has 0 bridgehead atoms. The molecule has 1 unspecified atom stereocenters. The zero-order valence-corrected chi connectivity index (χ0v) is 8.12. The first kappa shape index (κ1) is 9.00. The van der Waals surface area contributed by atoms with Crippen LogP contribution in [0.4, 0.5) is 0 Å². The predicted molar refractivity (Wildman–Crippen MR) is 54.8 cm³/mol. The fraction of sp³-hybridized carbons (Fsp3) is 0.250. The number of ketones is 1. The first-order valence-corrected chi connectivity index (χ1v) is 4.64. The number of carbonyl (C=O) groups excluding carboxylic acids is 1. The smallest absolute Gasteiger partial charge is 0.160 e. The maximum Gasteiger partial charge on any atom is 0.160 e. The van der Waals surface area contributed by atoms with E-state index >= 15 is 0 Å². The number of hydrogen-bond donors (Lipinski definition) is 0. The third-order valence-electron chi connectivity index (χ3n) is 2.46. The third kappa shape index (κ3) is 1.33. The van der Waals surface area contributed by atoms with Crippen molar-refractivity contribution in [1.82, 2.24) is 0 Å². The highest BCUT2D eigenvalue weighted by Gasteiger charge is 2.23. The van der Waals surface area contributed by atoms with Crippen LogP contribution in [0.3, 0.4) is 0 Å². The van der Waals surface area contributed by atoms with Crippen LogP contribution in [0.1, 0.15) is 22.8 Å². The molecule has 1 heterocycles. The Morgan fingerprint density at radius 3 is 3.07 bits per heavy atom. The standard InChI is InChI=1S/C12H12O2/c1-3-9-7-11-10(8(2)13)5-4-6-12(11)14-9/h3-6,9H,1,7H2,2H3. The van der Waals surface area contributed by atoms with Gasteiger partial charge in [0.05, 0.1) is 0 Å². The van der Waals surface area contributed by atoms with E-state index in [0.717, 1.165) is 23.3 Å². The van der Waals surface area contributed by atoms with Gasteiger partial charge in [0.1, 0.15) is 11.9 Å². The molecule has 0 radical (unpaired) electrons. The fourth-order valence-electron chi connectivity index (χ4n) is 1.75. The van der Waals surface area contributed by atoms with Gasteiger partial charge in [0.25, 0.3) is 0 Å². The number of hydrogen-bond acceptors (Lipinski definition) is 2. The number of fused-ring (bicyclic) bond motifs is 1. The molecule has 14 heavy (non-hydrogen) atoms. The van der Waals surface area contributed by atoms with Crippen molar-refractivity contribution in [2.24, 2.45) is 0 Å². The molecule has 0 aliphatic carbocycles. The Labute approximate surface area is 83.2 Å². The average molecular weight is 188 g/mol. The van der Waals surface area contributed by atoms with Gasteiger partial charge < -0.3 is 4.74 Å². The van der Waals surface area contributed by atoms with Crippen LogP contribution in [0.15, 0.2) is 30.9 Å². The molecule has 0 N–H and O–H groups in total. The van der Waals surface area contributed by atoms with E-state index in [1.807, 2.05) is 18.2 Å². The van der Waals surface area contributed by atoms with E-state index in [9.17, 15) is 4.79 Å². The van der Waals surface area contributed by atoms with Crippen LogP contribution >= 0.6 is 0 Å². The molecule has 2 heteroatoms. The molecule has 1 aromatic carbocycles. The lowest BCUT2D eigenvalue weighted by Gasteiger charge is -2.03. The van der Waals surface area contributed by atoms with Crippen molar-refractivity contribution in [2.45, 2.75) is 19.4 Å². The van der Waals surface area contributed by atoms with Crippen LogP contribution in [0.2, 0.25) is 0 Å². The van der Waals surface area contributed by atoms with Gasteiger partial charge in [-0.15, -0.1) is 0 Å². The van der Waals surface area contributed by atoms with Crippen molar-refractivity contribution < 1.29 is 9.53 Å². The van der Waals surface area contributed by atoms with Crippen molar-refractivity contribution in [1.29, 1.82) is 0 Å². The second-order valence-corrected chi connectivity index (χ2v) is 3.43. The number of carbonyl (C=O) groups is 1. The summed E-state index contributed by atoms with van der Waals surface area (Å²) in [6.45, 7) is 5.27. The minimum atomic E-state index is 0.0190. The van der Waals surface area contributed by atoms with Crippen molar-refractivity contribution in [3.8, 4) is 5.75 Å². The summed E-state index contributed by atoms with van der Waals surface area (Å²) in [5.74, 6) is 0.915. The summed E-state index contributed by atoms with van der Waals surface area (Å²) >= 11 is 0. The van der Waals surface area contributed by atoms with E-state index < -0.39 is 0 Å². The SMILES string of the molecule is C=CC1Cc2c(cccc2C(C)=O)O1. The quantitative estimate of drug-likeness (QED) is 0.526. The second kappa shape index (κ2) is 3.29. The van der Waals surface area contributed by atoms with Gasteiger partial charge >= 0.3 is 0 Å². The lowest BCUT2D eigenvalue weighted by atomic mass is 10.0. The minimum absolute atomic E-state index is 0.0190. The van der Waals surface area contributed by atoms with Crippen molar-refractivity contribution >= 4 is 5.78 Å². The Hall–Kier alpha value is -1.57. The van der Waals surface area contributed by atoms with Crippen LogP contribution in [0.25, 0.3) is 0 Å². The maximum absolute atomic E-state index is 11.3. The van der Waals surface area contributed by atoms with Gasteiger partial charge in [-0.05, 0) is 13.0 Å². The highest BCUT2D eigenvalue weighted by atomic mass is 16.5. The molecule has 72 valence electrons. The predicted octanol–water partition coefficient (Wildman–Crippen LogP) is 2.38. The van der Waals surface area contributed by atoms with Crippen LogP contribution in [0, 0.1) is 0 Å². The first-order chi connectivity index (χ1) is 6.72. The van der Waals surface area contributed by atoms with E-state index in [0.29, 0.717) is 0 Å². The molecule has 1 aliphatic rings. The molecule has 1 atom stereocenters. The maximum atomic E-state index is 11.3. The third-order valence-corrected chi connectivity index (χ3v) is 2.46. The summed E-state index contributed by atoms with van der Waals surface area (Å²) in [7, 11) is 0. The summed E-state index contributed by atoms with van der Waals surface area (Å²) in [5.41, 5.74) is 1.79. The number of benzene rings is 1. The molecular formula is C12H12O2. The first-order valence-electron chi connectivity index (χ1n) is 4.64. The summed E-state index contributed by atoms with van der Waals surface area (Å²) in [5, 5.41) is 0. The van der Waals surface area contributed by atoms with Crippen LogP contribution in [-0.4, -0.2) is 11.9 Å². The zero-order valence-electron chi connectivity index (χ0n) is 8.12. The average Bonchev–Trinajstić information content (AvgIpc) is 2.59. The molecule has 1 aliphatic heterocycles.